The van der Waals surface area contributed by atoms with E-state index in [2.05, 4.69) is 34.8 Å². The van der Waals surface area contributed by atoms with Gasteiger partial charge in [-0.05, 0) is 163 Å². The van der Waals surface area contributed by atoms with Gasteiger partial charge in [0.2, 0.25) is 15.8 Å². The van der Waals surface area contributed by atoms with Crippen molar-refractivity contribution in [2.75, 3.05) is 51.7 Å². The summed E-state index contributed by atoms with van der Waals surface area (Å²) in [6, 6.07) is 34.2. The molecule has 0 unspecified atom stereocenters. The summed E-state index contributed by atoms with van der Waals surface area (Å²) in [4.78, 5) is 47.0. The summed E-state index contributed by atoms with van der Waals surface area (Å²) >= 11 is 9.04. The van der Waals surface area contributed by atoms with Crippen LogP contribution in [-0.4, -0.2) is 205 Å². The molecule has 35 heteroatoms. The number of fused-ring (bicyclic) bond motifs is 2. The molecular formula is C60H64B2ClF3N12Na2O12S3. The molecule has 0 radical (unpaired) electrons. The fourth-order valence-corrected chi connectivity index (χ4v) is 12.7. The number of hydrogen-bond acceptors (Lipinski definition) is 20. The van der Waals surface area contributed by atoms with Crippen LogP contribution in [0.25, 0.3) is 45.1 Å². The number of hydrogen-bond donors (Lipinski definition) is 3. The monoisotopic (exact) mass is 1400 g/mol. The number of halogens is 4. The molecular weight excluding hydrogens is 1340 g/mol. The van der Waals surface area contributed by atoms with Crippen LogP contribution in [-0.2, 0) is 28.6 Å². The molecule has 24 nitrogen and oxygen atoms in total. The minimum atomic E-state index is -3.72. The van der Waals surface area contributed by atoms with Gasteiger partial charge in [-0.1, -0.05) is 48.0 Å². The zero-order valence-electron chi connectivity index (χ0n) is 52.4. The number of anilines is 1. The number of nitrogens with zero attached hydrogens (tertiary/aromatic N) is 11. The van der Waals surface area contributed by atoms with Crippen molar-refractivity contribution in [2.45, 2.75) is 75.2 Å². The Kier molecular flexibility index (Phi) is 29.4. The van der Waals surface area contributed by atoms with Gasteiger partial charge in [-0.2, -0.15) is 21.1 Å². The molecule has 3 aliphatic rings. The number of carbonyl (C=O) groups excluding carboxylic acids is 1. The third-order valence-electron chi connectivity index (χ3n) is 15.6. The number of methoxy groups -OCH3 is 1. The predicted molar refractivity (Wildman–Crippen MR) is 359 cm³/mol. The minimum absolute atomic E-state index is 0.000422. The van der Waals surface area contributed by atoms with Gasteiger partial charge in [0, 0.05) is 55.9 Å². The second-order valence-electron chi connectivity index (χ2n) is 21.4. The molecule has 4 aromatic carbocycles. The molecule has 3 N–H and O–H groups in total. The molecule has 12 rings (SSSR count). The number of carbonyl (C=O) groups is 1. The molecule has 5 aromatic heterocycles. The number of sulfonamides is 1. The number of rotatable bonds is 13. The average molecular weight is 1400 g/mol. The molecule has 3 aliphatic heterocycles. The van der Waals surface area contributed by atoms with Gasteiger partial charge in [0.25, 0.3) is 0 Å². The van der Waals surface area contributed by atoms with Crippen LogP contribution in [0.1, 0.15) is 61.0 Å². The summed E-state index contributed by atoms with van der Waals surface area (Å²) < 4.78 is 115. The van der Waals surface area contributed by atoms with Gasteiger partial charge >= 0.3 is 81.9 Å². The molecule has 3 fully saturated rings. The van der Waals surface area contributed by atoms with Crippen LogP contribution in [0.5, 0.6) is 5.75 Å². The van der Waals surface area contributed by atoms with E-state index >= 15 is 0 Å². The van der Waals surface area contributed by atoms with Crippen LogP contribution in [0.3, 0.4) is 0 Å². The van der Waals surface area contributed by atoms with Crippen molar-refractivity contribution in [2.24, 2.45) is 0 Å². The van der Waals surface area contributed by atoms with Crippen LogP contribution < -0.4 is 10.1 Å². The van der Waals surface area contributed by atoms with Crippen LogP contribution in [0.15, 0.2) is 151 Å². The van der Waals surface area contributed by atoms with Crippen molar-refractivity contribution < 1.29 is 62.9 Å². The number of imidazole rings is 2. The number of benzene rings is 4. The van der Waals surface area contributed by atoms with Crippen LogP contribution >= 0.6 is 11.6 Å². The number of nitro groups is 1. The van der Waals surface area contributed by atoms with E-state index < -0.39 is 53.4 Å². The van der Waals surface area contributed by atoms with Gasteiger partial charge in [0.1, 0.15) is 45.9 Å². The second-order valence-corrected chi connectivity index (χ2v) is 26.2. The zero-order chi connectivity index (χ0) is 68.9. The fourth-order valence-electron chi connectivity index (χ4n) is 10.9. The molecule has 0 aliphatic carbocycles. The number of piperidine rings is 3. The summed E-state index contributed by atoms with van der Waals surface area (Å²) in [6.07, 6.45) is 9.93. The van der Waals surface area contributed by atoms with Gasteiger partial charge in [-0.25, -0.2) is 46.5 Å². The Bertz CT molecular complexity index is 4430. The number of ether oxygens (including phenoxy) is 1. The van der Waals surface area contributed by atoms with E-state index in [0.717, 1.165) is 63.0 Å². The SMILES string of the molecule is CB(O)N1CCC(Nc2ncccc2[N+](=O)[O-])CC1.CB(O)N1CCC(n2c(-c3ccccc3F)nc3cccnc32)CC1.COc1ccc(S(=O)(=O)N2CCC(n3c(-c4ccccc4F)nc4cccnc43)CC2)cc1Cl.O=Cc1ccccc1F.O=S(=O)=S(=O)=O.[Na][Na]. The summed E-state index contributed by atoms with van der Waals surface area (Å²) in [6.45, 7) is 7.29. The van der Waals surface area contributed by atoms with Gasteiger partial charge in [0.05, 0.1) is 38.6 Å². The van der Waals surface area contributed by atoms with E-state index in [-0.39, 0.29) is 50.9 Å². The van der Waals surface area contributed by atoms with Crippen molar-refractivity contribution in [3.8, 4) is 28.5 Å². The maximum absolute atomic E-state index is 14.7. The van der Waals surface area contributed by atoms with E-state index in [1.807, 2.05) is 38.5 Å². The van der Waals surface area contributed by atoms with Gasteiger partial charge in [-0.3, -0.25) is 14.9 Å². The van der Waals surface area contributed by atoms with Crippen molar-refractivity contribution >= 4 is 138 Å². The van der Waals surface area contributed by atoms with Gasteiger partial charge in [-0.15, -0.1) is 0 Å². The Morgan fingerprint density at radius 2 is 1.09 bits per heavy atom. The topological polar surface area (TPSA) is 308 Å². The first-order valence-electron chi connectivity index (χ1n) is 30.2. The third-order valence-corrected chi connectivity index (χ3v) is 18.7. The summed E-state index contributed by atoms with van der Waals surface area (Å²) in [5.74, 6) is 0.753. The predicted octanol–water partition coefficient (Wildman–Crippen LogP) is 8.42. The quantitative estimate of drug-likeness (QED) is 0.0422. The van der Waals surface area contributed by atoms with E-state index in [1.54, 1.807) is 92.9 Å². The standard InChI is InChI=1S/C24H22ClFN4O3S.C18H20BFN4O.C11H17BN4O3.C7H5FO.2Na.O4S2/c1-33-22-9-8-17(15-19(22)25)34(31,32)29-13-10-16(11-14-29)30-23(18-5-2-3-6-20(18)26)28-21-7-4-12-27-24(21)30;1-19(25)23-11-8-13(9-12-23)24-17(14-5-2-3-6-15(14)20)22-16-7-4-10-21-18(16)24;1-12(17)15-7-4-9(5-8-15)14-11-10(16(18)19)3-2-6-13-11;8-7-4-2-1-3-6(7)5-9;;;1-5(2)6(3)4/h2-9,12,15-16H,10-11,13-14H2,1H3;2-7,10,13,25H,8-9,11-12H2,1H3;2-3,6,9,17H,4-5,7-8H2,1H3,(H,13,14);1-5H;;;. The van der Waals surface area contributed by atoms with Crippen LogP contribution in [0, 0.1) is 27.6 Å². The van der Waals surface area contributed by atoms with Crippen LogP contribution in [0.4, 0.5) is 24.7 Å². The summed E-state index contributed by atoms with van der Waals surface area (Å²) in [5, 5.41) is 33.5. The van der Waals surface area contributed by atoms with Crippen molar-refractivity contribution in [1.29, 1.82) is 0 Å². The van der Waals surface area contributed by atoms with E-state index in [9.17, 15) is 46.5 Å². The first kappa shape index (κ1) is 75.9. The number of aldehydes is 1. The van der Waals surface area contributed by atoms with Crippen molar-refractivity contribution in [3.05, 3.63) is 184 Å². The van der Waals surface area contributed by atoms with Crippen molar-refractivity contribution in [3.63, 3.8) is 0 Å². The van der Waals surface area contributed by atoms with Gasteiger partial charge < -0.3 is 38.9 Å². The normalized spacial score (nSPS) is 14.7. The second kappa shape index (κ2) is 36.8. The van der Waals surface area contributed by atoms with E-state index in [0.29, 0.717) is 77.7 Å². The van der Waals surface area contributed by atoms with E-state index in [4.69, 9.17) is 33.2 Å². The molecule has 0 spiro atoms. The molecule has 95 heavy (non-hydrogen) atoms. The van der Waals surface area contributed by atoms with E-state index in [1.165, 1.54) is 97.5 Å². The number of nitrogens with one attached hydrogen (secondary N) is 1. The van der Waals surface area contributed by atoms with Crippen molar-refractivity contribution in [1.82, 2.24) is 48.0 Å². The molecule has 9 aromatic rings. The third kappa shape index (κ3) is 20.1. The average Bonchev–Trinajstić information content (AvgIpc) is 1.66. The summed E-state index contributed by atoms with van der Waals surface area (Å²) in [5.41, 5.74) is 3.89. The molecule has 8 heterocycles. The summed E-state index contributed by atoms with van der Waals surface area (Å²) in [7, 11) is -9.02. The molecule has 0 amide bonds. The first-order valence-corrected chi connectivity index (χ1v) is 42.7. The maximum atomic E-state index is 14.7. The Labute approximate surface area is 583 Å². The molecule has 0 saturated carbocycles. The molecule has 0 bridgehead atoms. The van der Waals surface area contributed by atoms with Gasteiger partial charge in [0.15, 0.2) is 17.6 Å². The fraction of sp³-hybridized carbons (Fsp3) is 0.300. The van der Waals surface area contributed by atoms with Crippen LogP contribution in [0.2, 0.25) is 18.7 Å². The molecule has 0 atom stereocenters. The Hall–Kier alpha value is -6.46. The molecule has 490 valence electrons. The Morgan fingerprint density at radius 1 is 0.653 bits per heavy atom. The Morgan fingerprint density at radius 3 is 1.52 bits per heavy atom. The number of pyridine rings is 3. The molecule has 3 saturated heterocycles. The number of aromatic nitrogens is 7. The zero-order valence-corrected chi connectivity index (χ0v) is 59.6. The first-order chi connectivity index (χ1) is 45.6. The Balaban J connectivity index is 0.000000184.